The molecule has 0 saturated carbocycles. The summed E-state index contributed by atoms with van der Waals surface area (Å²) in [4.78, 5) is 4.66. The normalized spacial score (nSPS) is 14.5. The van der Waals surface area contributed by atoms with Crippen LogP contribution in [0, 0.1) is 6.92 Å². The predicted molar refractivity (Wildman–Crippen MR) is 98.0 cm³/mol. The lowest BCUT2D eigenvalue weighted by Gasteiger charge is -2.14. The van der Waals surface area contributed by atoms with E-state index in [-0.39, 0.29) is 11.5 Å². The van der Waals surface area contributed by atoms with E-state index in [0.29, 0.717) is 6.42 Å². The van der Waals surface area contributed by atoms with E-state index in [4.69, 9.17) is 0 Å². The summed E-state index contributed by atoms with van der Waals surface area (Å²) in [5.41, 5.74) is 4.88. The van der Waals surface area contributed by atoms with E-state index in [9.17, 15) is 13.9 Å². The SMILES string of the molecule is Cc1cc2c(cc1O)C(Cc1ccc(OC(F)(F)P)cc1)=NCCC2. The predicted octanol–water partition coefficient (Wildman–Crippen LogP) is 4.48. The maximum Gasteiger partial charge on any atom is 0.408 e. The smallest absolute Gasteiger partial charge is 0.408 e. The third-order valence-corrected chi connectivity index (χ3v) is 4.31. The first-order chi connectivity index (χ1) is 11.8. The molecule has 1 aliphatic heterocycles. The van der Waals surface area contributed by atoms with Crippen molar-refractivity contribution in [3.63, 3.8) is 0 Å². The van der Waals surface area contributed by atoms with Gasteiger partial charge in [-0.05, 0) is 63.9 Å². The molecule has 0 aliphatic carbocycles. The van der Waals surface area contributed by atoms with Crippen LogP contribution in [0.15, 0.2) is 41.4 Å². The fourth-order valence-corrected chi connectivity index (χ4v) is 3.11. The number of alkyl halides is 2. The zero-order valence-corrected chi connectivity index (χ0v) is 15.1. The van der Waals surface area contributed by atoms with Crippen LogP contribution in [-0.2, 0) is 12.8 Å². The molecule has 2 aromatic carbocycles. The van der Waals surface area contributed by atoms with Gasteiger partial charge in [0.05, 0.1) is 0 Å². The van der Waals surface area contributed by atoms with E-state index in [0.717, 1.165) is 41.8 Å². The number of hydrogen-bond donors (Lipinski definition) is 1. The van der Waals surface area contributed by atoms with E-state index >= 15 is 0 Å². The van der Waals surface area contributed by atoms with Crippen LogP contribution in [0.1, 0.15) is 28.7 Å². The second-order valence-electron chi connectivity index (χ2n) is 6.21. The highest BCUT2D eigenvalue weighted by Gasteiger charge is 2.23. The number of hydrogen-bond acceptors (Lipinski definition) is 3. The monoisotopic (exact) mass is 363 g/mol. The minimum atomic E-state index is -3.28. The summed E-state index contributed by atoms with van der Waals surface area (Å²) in [6, 6.07) is 10.4. The third kappa shape index (κ3) is 4.55. The number of ether oxygens (including phenoxy) is 1. The van der Waals surface area contributed by atoms with Crippen molar-refractivity contribution in [2.24, 2.45) is 4.99 Å². The molecule has 0 spiro atoms. The van der Waals surface area contributed by atoms with Gasteiger partial charge in [-0.25, -0.2) is 0 Å². The summed E-state index contributed by atoms with van der Waals surface area (Å²) in [5, 5.41) is 10.1. The third-order valence-electron chi connectivity index (χ3n) is 4.19. The second-order valence-corrected chi connectivity index (χ2v) is 6.88. The van der Waals surface area contributed by atoms with Gasteiger partial charge in [0.1, 0.15) is 11.5 Å². The summed E-state index contributed by atoms with van der Waals surface area (Å²) >= 11 is 0. The Morgan fingerprint density at radius 2 is 1.96 bits per heavy atom. The minimum Gasteiger partial charge on any atom is -0.508 e. The molecule has 132 valence electrons. The number of aromatic hydroxyl groups is 1. The van der Waals surface area contributed by atoms with Gasteiger partial charge in [0.15, 0.2) is 0 Å². The first-order valence-corrected chi connectivity index (χ1v) is 8.70. The van der Waals surface area contributed by atoms with Crippen LogP contribution in [0.5, 0.6) is 11.5 Å². The maximum absolute atomic E-state index is 12.9. The van der Waals surface area contributed by atoms with Crippen LogP contribution >= 0.6 is 9.24 Å². The maximum atomic E-state index is 12.9. The molecule has 0 radical (unpaired) electrons. The Morgan fingerprint density at radius 1 is 1.24 bits per heavy atom. The molecular weight excluding hydrogens is 343 g/mol. The fourth-order valence-electron chi connectivity index (χ4n) is 2.98. The molecule has 3 rings (SSSR count). The number of aliphatic imine (C=N–C) groups is 1. The number of benzene rings is 2. The quantitative estimate of drug-likeness (QED) is 0.814. The molecular formula is C19H20F2NO2P. The van der Waals surface area contributed by atoms with Crippen molar-refractivity contribution in [3.8, 4) is 11.5 Å². The van der Waals surface area contributed by atoms with Crippen LogP contribution in [-0.4, -0.2) is 23.2 Å². The Morgan fingerprint density at radius 3 is 2.64 bits per heavy atom. The van der Waals surface area contributed by atoms with Crippen molar-refractivity contribution in [1.29, 1.82) is 0 Å². The molecule has 0 bridgehead atoms. The van der Waals surface area contributed by atoms with Crippen LogP contribution in [0.2, 0.25) is 0 Å². The van der Waals surface area contributed by atoms with Crippen LogP contribution < -0.4 is 4.74 Å². The van der Waals surface area contributed by atoms with E-state index in [1.54, 1.807) is 18.2 Å². The zero-order valence-electron chi connectivity index (χ0n) is 13.9. The summed E-state index contributed by atoms with van der Waals surface area (Å²) in [5.74, 6) is -2.90. The molecule has 3 nitrogen and oxygen atoms in total. The fraction of sp³-hybridized carbons (Fsp3) is 0.316. The van der Waals surface area contributed by atoms with Gasteiger partial charge in [0.2, 0.25) is 0 Å². The molecule has 25 heavy (non-hydrogen) atoms. The Kier molecular flexibility index (Phi) is 5.05. The Hall–Kier alpha value is -2.00. The molecule has 1 aliphatic rings. The Bertz CT molecular complexity index is 798. The summed E-state index contributed by atoms with van der Waals surface area (Å²) in [6.45, 7) is 2.63. The van der Waals surface area contributed by atoms with Crippen molar-refractivity contribution in [2.75, 3.05) is 6.54 Å². The van der Waals surface area contributed by atoms with Crippen LogP contribution in [0.4, 0.5) is 8.78 Å². The number of halogens is 2. The van der Waals surface area contributed by atoms with Crippen molar-refractivity contribution in [3.05, 3.63) is 58.7 Å². The second kappa shape index (κ2) is 7.09. The molecule has 0 amide bonds. The van der Waals surface area contributed by atoms with Crippen LogP contribution in [0.25, 0.3) is 0 Å². The van der Waals surface area contributed by atoms with E-state index < -0.39 is 5.85 Å². The summed E-state index contributed by atoms with van der Waals surface area (Å²) in [6.07, 6.45) is 2.48. The average molecular weight is 363 g/mol. The lowest BCUT2D eigenvalue weighted by Crippen LogP contribution is -2.14. The topological polar surface area (TPSA) is 41.8 Å². The van der Waals surface area contributed by atoms with Gasteiger partial charge in [0, 0.05) is 24.2 Å². The highest BCUT2D eigenvalue weighted by atomic mass is 31.0. The molecule has 0 aromatic heterocycles. The van der Waals surface area contributed by atoms with Crippen molar-refractivity contribution < 1.29 is 18.6 Å². The lowest BCUT2D eigenvalue weighted by atomic mass is 9.94. The van der Waals surface area contributed by atoms with Gasteiger partial charge in [-0.1, -0.05) is 18.2 Å². The molecule has 1 unspecified atom stereocenters. The highest BCUT2D eigenvalue weighted by molar-refractivity contribution is 7.17. The first kappa shape index (κ1) is 17.8. The number of aryl methyl sites for hydroxylation is 2. The summed E-state index contributed by atoms with van der Waals surface area (Å²) in [7, 11) is 1.35. The van der Waals surface area contributed by atoms with Crippen molar-refractivity contribution >= 4 is 15.0 Å². The van der Waals surface area contributed by atoms with Crippen LogP contribution in [0.3, 0.4) is 0 Å². The number of fused-ring (bicyclic) bond motifs is 1. The van der Waals surface area contributed by atoms with Gasteiger partial charge >= 0.3 is 5.85 Å². The van der Waals surface area contributed by atoms with Crippen molar-refractivity contribution in [1.82, 2.24) is 0 Å². The Labute approximate surface area is 148 Å². The first-order valence-electron chi connectivity index (χ1n) is 8.13. The Balaban J connectivity index is 1.84. The van der Waals surface area contributed by atoms with Gasteiger partial charge < -0.3 is 9.84 Å². The van der Waals surface area contributed by atoms with E-state index in [2.05, 4.69) is 9.73 Å². The molecule has 1 N–H and O–H groups in total. The lowest BCUT2D eigenvalue weighted by molar-refractivity contribution is -0.0892. The number of phenols is 1. The molecule has 0 fully saturated rings. The summed E-state index contributed by atoms with van der Waals surface area (Å²) < 4.78 is 30.2. The van der Waals surface area contributed by atoms with E-state index in [1.807, 2.05) is 13.0 Å². The standard InChI is InChI=1S/C19H20F2NO2P/c1-12-9-14-3-2-8-22-17(16(14)11-18(12)23)10-13-4-6-15(7-5-13)24-19(20,21)25/h4-7,9,11,23H,2-3,8,10,25H2,1H3. The largest absolute Gasteiger partial charge is 0.508 e. The van der Waals surface area contributed by atoms with E-state index in [1.165, 1.54) is 26.9 Å². The molecule has 1 heterocycles. The molecule has 1 atom stereocenters. The van der Waals surface area contributed by atoms with Gasteiger partial charge in [0.25, 0.3) is 0 Å². The number of nitrogens with zero attached hydrogens (tertiary/aromatic N) is 1. The zero-order chi connectivity index (χ0) is 18.0. The minimum absolute atomic E-state index is 0.111. The average Bonchev–Trinajstić information content (AvgIpc) is 2.71. The molecule has 6 heteroatoms. The highest BCUT2D eigenvalue weighted by Crippen LogP contribution is 2.29. The molecule has 0 saturated heterocycles. The number of phenolic OH excluding ortho intramolecular Hbond substituents is 1. The molecule has 2 aromatic rings. The van der Waals surface area contributed by atoms with Gasteiger partial charge in [-0.2, -0.15) is 8.78 Å². The number of rotatable bonds is 4. The van der Waals surface area contributed by atoms with Crippen molar-refractivity contribution in [2.45, 2.75) is 32.0 Å². The van der Waals surface area contributed by atoms with Gasteiger partial charge in [-0.3, -0.25) is 4.99 Å². The van der Waals surface area contributed by atoms with Gasteiger partial charge in [-0.15, -0.1) is 0 Å².